The third-order valence-corrected chi connectivity index (χ3v) is 6.92. The van der Waals surface area contributed by atoms with Crippen molar-refractivity contribution in [1.29, 1.82) is 0 Å². The van der Waals surface area contributed by atoms with Crippen molar-refractivity contribution >= 4 is 52.0 Å². The normalized spacial score (nSPS) is 12.2. The highest BCUT2D eigenvalue weighted by Crippen LogP contribution is 2.35. The van der Waals surface area contributed by atoms with Crippen LogP contribution in [-0.2, 0) is 23.2 Å². The predicted molar refractivity (Wildman–Crippen MR) is 140 cm³/mol. The standard InChI is InChI=1S/C25H23ClN4O3S2/c1-25(2,18-11-7-4-8-12-18)27-24(31)20-14-13-19(26)16-22(20)30(35(32)33)23-21(28-34-29-23)15-17-9-5-3-6-10-17/h3-14,16H,15H2,1-2H3,(H,27,31)(H,32,33). The summed E-state index contributed by atoms with van der Waals surface area (Å²) in [5.74, 6) is -0.230. The van der Waals surface area contributed by atoms with E-state index in [9.17, 15) is 13.6 Å². The zero-order chi connectivity index (χ0) is 25.0. The number of amides is 1. The Balaban J connectivity index is 1.73. The lowest BCUT2D eigenvalue weighted by molar-refractivity contribution is 0.0913. The Hall–Kier alpha value is -3.11. The van der Waals surface area contributed by atoms with Crippen LogP contribution in [-0.4, -0.2) is 23.4 Å². The molecule has 0 aliphatic heterocycles. The van der Waals surface area contributed by atoms with Gasteiger partial charge in [0.1, 0.15) is 5.69 Å². The van der Waals surface area contributed by atoms with Crippen molar-refractivity contribution < 1.29 is 13.6 Å². The number of benzene rings is 3. The van der Waals surface area contributed by atoms with Gasteiger partial charge in [0.25, 0.3) is 17.2 Å². The van der Waals surface area contributed by atoms with E-state index < -0.39 is 22.7 Å². The summed E-state index contributed by atoms with van der Waals surface area (Å²) in [5.41, 5.74) is 2.04. The fourth-order valence-electron chi connectivity index (χ4n) is 3.67. The summed E-state index contributed by atoms with van der Waals surface area (Å²) in [6.45, 7) is 3.78. The molecule has 4 rings (SSSR count). The second-order valence-corrected chi connectivity index (χ2v) is 10.1. The van der Waals surface area contributed by atoms with Crippen molar-refractivity contribution in [2.24, 2.45) is 0 Å². The number of nitrogens with zero attached hydrogens (tertiary/aromatic N) is 3. The quantitative estimate of drug-likeness (QED) is 0.286. The van der Waals surface area contributed by atoms with Crippen molar-refractivity contribution in [3.05, 3.63) is 106 Å². The number of aromatic nitrogens is 2. The first kappa shape index (κ1) is 25.0. The Labute approximate surface area is 215 Å². The highest BCUT2D eigenvalue weighted by atomic mass is 35.5. The van der Waals surface area contributed by atoms with E-state index in [0.29, 0.717) is 17.1 Å². The molecule has 0 saturated carbocycles. The van der Waals surface area contributed by atoms with E-state index in [4.69, 9.17) is 11.6 Å². The van der Waals surface area contributed by atoms with Crippen LogP contribution in [0.25, 0.3) is 0 Å². The van der Waals surface area contributed by atoms with E-state index >= 15 is 0 Å². The highest BCUT2D eigenvalue weighted by Gasteiger charge is 2.30. The molecule has 0 aliphatic rings. The van der Waals surface area contributed by atoms with Crippen LogP contribution < -0.4 is 9.62 Å². The average molecular weight is 527 g/mol. The molecule has 0 radical (unpaired) electrons. The molecular weight excluding hydrogens is 504 g/mol. The smallest absolute Gasteiger partial charge is 0.268 e. The maximum Gasteiger partial charge on any atom is 0.268 e. The largest absolute Gasteiger partial charge is 0.343 e. The zero-order valence-electron chi connectivity index (χ0n) is 19.0. The van der Waals surface area contributed by atoms with Gasteiger partial charge in [-0.25, -0.2) is 8.51 Å². The Kier molecular flexibility index (Phi) is 7.61. The summed E-state index contributed by atoms with van der Waals surface area (Å²) in [6.07, 6.45) is 0.406. The lowest BCUT2D eigenvalue weighted by Crippen LogP contribution is -2.41. The number of rotatable bonds is 8. The maximum atomic E-state index is 13.4. The minimum atomic E-state index is -2.55. The number of carbonyl (C=O) groups is 1. The molecule has 0 spiro atoms. The lowest BCUT2D eigenvalue weighted by atomic mass is 9.94. The van der Waals surface area contributed by atoms with E-state index in [1.165, 1.54) is 12.1 Å². The molecule has 35 heavy (non-hydrogen) atoms. The number of anilines is 2. The molecule has 3 aromatic carbocycles. The molecule has 1 amide bonds. The topological polar surface area (TPSA) is 95.4 Å². The van der Waals surface area contributed by atoms with Gasteiger partial charge in [-0.3, -0.25) is 9.35 Å². The fourth-order valence-corrected chi connectivity index (χ4v) is 5.05. The first-order valence-electron chi connectivity index (χ1n) is 10.7. The van der Waals surface area contributed by atoms with Crippen LogP contribution in [0.4, 0.5) is 11.5 Å². The first-order chi connectivity index (χ1) is 16.8. The van der Waals surface area contributed by atoms with Crippen LogP contribution in [0.1, 0.15) is 41.0 Å². The van der Waals surface area contributed by atoms with E-state index in [0.717, 1.165) is 27.2 Å². The van der Waals surface area contributed by atoms with E-state index in [2.05, 4.69) is 14.1 Å². The Morgan fingerprint density at radius 1 is 1.06 bits per heavy atom. The van der Waals surface area contributed by atoms with Gasteiger partial charge in [-0.05, 0) is 43.2 Å². The van der Waals surface area contributed by atoms with Gasteiger partial charge in [0.15, 0.2) is 5.82 Å². The van der Waals surface area contributed by atoms with Gasteiger partial charge in [-0.1, -0.05) is 72.3 Å². The van der Waals surface area contributed by atoms with Gasteiger partial charge >= 0.3 is 0 Å². The summed E-state index contributed by atoms with van der Waals surface area (Å²) in [4.78, 5) is 13.4. The van der Waals surface area contributed by atoms with Crippen molar-refractivity contribution in [3.63, 3.8) is 0 Å². The Bertz CT molecular complexity index is 1350. The molecule has 1 unspecified atom stereocenters. The molecule has 0 aliphatic carbocycles. The molecule has 0 bridgehead atoms. The molecule has 0 fully saturated rings. The van der Waals surface area contributed by atoms with Crippen LogP contribution in [0.15, 0.2) is 78.9 Å². The van der Waals surface area contributed by atoms with E-state index in [1.807, 2.05) is 74.5 Å². The molecule has 10 heteroatoms. The number of hydrogen-bond acceptors (Lipinski definition) is 5. The summed E-state index contributed by atoms with van der Waals surface area (Å²) in [5, 5.41) is 3.33. The molecule has 1 heterocycles. The van der Waals surface area contributed by atoms with Gasteiger partial charge in [0.05, 0.1) is 28.5 Å². The maximum absolute atomic E-state index is 13.4. The van der Waals surface area contributed by atoms with Crippen LogP contribution >= 0.6 is 23.3 Å². The fraction of sp³-hybridized carbons (Fsp3) is 0.160. The van der Waals surface area contributed by atoms with E-state index in [1.54, 1.807) is 6.07 Å². The van der Waals surface area contributed by atoms with Crippen LogP contribution in [0.3, 0.4) is 0 Å². The van der Waals surface area contributed by atoms with Crippen molar-refractivity contribution in [2.45, 2.75) is 25.8 Å². The van der Waals surface area contributed by atoms with Gasteiger partial charge in [0, 0.05) is 11.4 Å². The summed E-state index contributed by atoms with van der Waals surface area (Å²) in [7, 11) is 0. The second-order valence-electron chi connectivity index (χ2n) is 8.33. The molecular formula is C25H23ClN4O3S2. The molecule has 1 atom stereocenters. The van der Waals surface area contributed by atoms with E-state index in [-0.39, 0.29) is 17.1 Å². The number of carbonyl (C=O) groups excluding carboxylic acids is 1. The van der Waals surface area contributed by atoms with Gasteiger partial charge in [0.2, 0.25) is 0 Å². The Morgan fingerprint density at radius 3 is 2.37 bits per heavy atom. The monoisotopic (exact) mass is 526 g/mol. The van der Waals surface area contributed by atoms with Gasteiger partial charge < -0.3 is 5.32 Å². The molecule has 1 aromatic heterocycles. The molecule has 180 valence electrons. The summed E-state index contributed by atoms with van der Waals surface area (Å²) >= 11 is 4.64. The van der Waals surface area contributed by atoms with Crippen LogP contribution in [0, 0.1) is 0 Å². The minimum Gasteiger partial charge on any atom is -0.343 e. The summed E-state index contributed by atoms with van der Waals surface area (Å²) in [6, 6.07) is 23.7. The third-order valence-electron chi connectivity index (χ3n) is 5.44. The first-order valence-corrected chi connectivity index (χ1v) is 12.9. The molecule has 2 N–H and O–H groups in total. The second kappa shape index (κ2) is 10.7. The summed E-state index contributed by atoms with van der Waals surface area (Å²) < 4.78 is 32.6. The average Bonchev–Trinajstić information content (AvgIpc) is 3.27. The number of halogens is 1. The minimum absolute atomic E-state index is 0.154. The van der Waals surface area contributed by atoms with Crippen LogP contribution in [0.2, 0.25) is 5.02 Å². The van der Waals surface area contributed by atoms with Gasteiger partial charge in [-0.2, -0.15) is 8.75 Å². The molecule has 4 aromatic rings. The molecule has 7 nitrogen and oxygen atoms in total. The van der Waals surface area contributed by atoms with Crippen LogP contribution in [0.5, 0.6) is 0 Å². The highest BCUT2D eigenvalue weighted by molar-refractivity contribution is 7.81. The SMILES string of the molecule is CC(C)(NC(=O)c1ccc(Cl)cc1N(c1nsnc1Cc1ccccc1)S(=O)O)c1ccccc1. The van der Waals surface area contributed by atoms with Crippen molar-refractivity contribution in [2.75, 3.05) is 4.31 Å². The molecule has 0 saturated heterocycles. The number of hydrogen-bond donors (Lipinski definition) is 2. The predicted octanol–water partition coefficient (Wildman–Crippen LogP) is 5.72. The Morgan fingerprint density at radius 2 is 1.71 bits per heavy atom. The third kappa shape index (κ3) is 5.76. The zero-order valence-corrected chi connectivity index (χ0v) is 21.4. The number of nitrogens with one attached hydrogen (secondary N) is 1. The lowest BCUT2D eigenvalue weighted by Gasteiger charge is -2.28. The van der Waals surface area contributed by atoms with Crippen molar-refractivity contribution in [3.8, 4) is 0 Å². The van der Waals surface area contributed by atoms with Crippen molar-refractivity contribution in [1.82, 2.24) is 14.1 Å². The van der Waals surface area contributed by atoms with Gasteiger partial charge in [-0.15, -0.1) is 0 Å².